The van der Waals surface area contributed by atoms with E-state index in [0.29, 0.717) is 49.7 Å². The molecule has 8 nitrogen and oxygen atoms in total. The van der Waals surface area contributed by atoms with Crippen molar-refractivity contribution in [3.8, 4) is 5.75 Å². The van der Waals surface area contributed by atoms with E-state index in [4.69, 9.17) is 4.74 Å². The fourth-order valence-electron chi connectivity index (χ4n) is 5.73. The molecule has 2 fully saturated rings. The predicted molar refractivity (Wildman–Crippen MR) is 127 cm³/mol. The standard InChI is InChI=1S/C26H24F4N4O4/c27-19-13-20-16(11-18(19)26(28,29)30)17-12-21-24(36)33(5-4-32-6-8-38-9-7-32)25(37)34(21)23(22(17)31-20)14-2-1-3-15(35)10-14/h1-3,10-11,13,21,23,31,35H,4-9,12H2. The van der Waals surface area contributed by atoms with Crippen molar-refractivity contribution in [3.05, 3.63) is 64.6 Å². The molecule has 2 atom stereocenters. The number of carbonyl (C=O) groups excluding carboxylic acids is 2. The van der Waals surface area contributed by atoms with E-state index in [-0.39, 0.29) is 29.6 Å². The topological polar surface area (TPSA) is 89.1 Å². The molecule has 4 heterocycles. The number of morpholine rings is 1. The Bertz CT molecular complexity index is 1430. The lowest BCUT2D eigenvalue weighted by molar-refractivity contribution is -0.139. The average Bonchev–Trinajstić information content (AvgIpc) is 3.34. The highest BCUT2D eigenvalue weighted by molar-refractivity contribution is 6.05. The van der Waals surface area contributed by atoms with Crippen LogP contribution in [0, 0.1) is 5.82 Å². The number of hydrogen-bond donors (Lipinski definition) is 2. The molecule has 0 aliphatic carbocycles. The van der Waals surface area contributed by atoms with E-state index in [0.717, 1.165) is 12.1 Å². The number of alkyl halides is 3. The second-order valence-corrected chi connectivity index (χ2v) is 9.74. The minimum absolute atomic E-state index is 0.0216. The lowest BCUT2D eigenvalue weighted by Gasteiger charge is -2.36. The molecular weight excluding hydrogens is 508 g/mol. The summed E-state index contributed by atoms with van der Waals surface area (Å²) >= 11 is 0. The number of aromatic hydroxyl groups is 1. The molecule has 2 aromatic carbocycles. The smallest absolute Gasteiger partial charge is 0.419 e. The Morgan fingerprint density at radius 3 is 2.55 bits per heavy atom. The molecule has 3 aliphatic heterocycles. The predicted octanol–water partition coefficient (Wildman–Crippen LogP) is 3.64. The Labute approximate surface area is 214 Å². The molecule has 2 unspecified atom stereocenters. The summed E-state index contributed by atoms with van der Waals surface area (Å²) in [6, 6.07) is 5.31. The van der Waals surface area contributed by atoms with E-state index < -0.39 is 41.6 Å². The van der Waals surface area contributed by atoms with Crippen molar-refractivity contribution in [1.29, 1.82) is 0 Å². The van der Waals surface area contributed by atoms with E-state index in [1.54, 1.807) is 12.1 Å². The van der Waals surface area contributed by atoms with Crippen molar-refractivity contribution in [2.45, 2.75) is 24.7 Å². The molecule has 3 amide bonds. The third-order valence-corrected chi connectivity index (χ3v) is 7.55. The Morgan fingerprint density at radius 1 is 1.08 bits per heavy atom. The van der Waals surface area contributed by atoms with Crippen molar-refractivity contribution in [1.82, 2.24) is 19.7 Å². The number of nitrogens with one attached hydrogen (secondary N) is 1. The van der Waals surface area contributed by atoms with Gasteiger partial charge < -0.3 is 14.8 Å². The zero-order valence-corrected chi connectivity index (χ0v) is 20.1. The molecule has 0 bridgehead atoms. The van der Waals surface area contributed by atoms with Crippen molar-refractivity contribution in [2.24, 2.45) is 0 Å². The van der Waals surface area contributed by atoms with Crippen LogP contribution in [-0.2, 0) is 22.1 Å². The second-order valence-electron chi connectivity index (χ2n) is 9.74. The van der Waals surface area contributed by atoms with Crippen LogP contribution in [0.1, 0.15) is 28.4 Å². The Balaban J connectivity index is 1.44. The normalized spacial score (nSPS) is 22.3. The minimum atomic E-state index is -4.90. The summed E-state index contributed by atoms with van der Waals surface area (Å²) in [5.74, 6) is -1.93. The maximum absolute atomic E-state index is 14.4. The SMILES string of the molecule is O=C1C2Cc3c([nH]c4cc(F)c(C(F)(F)F)cc34)C(c3cccc(O)c3)N2C(=O)N1CCN1CCOCC1. The summed E-state index contributed by atoms with van der Waals surface area (Å²) < 4.78 is 60.3. The molecule has 38 heavy (non-hydrogen) atoms. The van der Waals surface area contributed by atoms with Gasteiger partial charge in [-0.25, -0.2) is 9.18 Å². The van der Waals surface area contributed by atoms with Crippen LogP contribution in [0.2, 0.25) is 0 Å². The van der Waals surface area contributed by atoms with Crippen LogP contribution in [0.3, 0.4) is 0 Å². The van der Waals surface area contributed by atoms with Crippen LogP contribution in [0.5, 0.6) is 5.75 Å². The maximum atomic E-state index is 14.4. The number of phenols is 1. The molecule has 0 spiro atoms. The number of aromatic amines is 1. The van der Waals surface area contributed by atoms with Gasteiger partial charge in [0.05, 0.1) is 18.8 Å². The number of halogens is 4. The molecule has 200 valence electrons. The molecule has 2 saturated heterocycles. The summed E-state index contributed by atoms with van der Waals surface area (Å²) in [5.41, 5.74) is 0.00298. The first-order valence-electron chi connectivity index (χ1n) is 12.3. The Kier molecular flexibility index (Phi) is 5.84. The second kappa shape index (κ2) is 8.98. The highest BCUT2D eigenvalue weighted by atomic mass is 19.4. The van der Waals surface area contributed by atoms with E-state index >= 15 is 0 Å². The lowest BCUT2D eigenvalue weighted by Crippen LogP contribution is -2.44. The number of aromatic nitrogens is 1. The highest BCUT2D eigenvalue weighted by Crippen LogP contribution is 2.45. The first kappa shape index (κ1) is 24.7. The van der Waals surface area contributed by atoms with Gasteiger partial charge in [0.25, 0.3) is 5.91 Å². The number of H-pyrrole nitrogens is 1. The molecule has 3 aliphatic rings. The number of hydrogen-bond acceptors (Lipinski definition) is 5. The van der Waals surface area contributed by atoms with Crippen LogP contribution >= 0.6 is 0 Å². The maximum Gasteiger partial charge on any atom is 0.419 e. The number of ether oxygens (including phenoxy) is 1. The third-order valence-electron chi connectivity index (χ3n) is 7.55. The van der Waals surface area contributed by atoms with Gasteiger partial charge in [-0.2, -0.15) is 13.2 Å². The minimum Gasteiger partial charge on any atom is -0.508 e. The number of rotatable bonds is 4. The van der Waals surface area contributed by atoms with Gasteiger partial charge in [-0.1, -0.05) is 12.1 Å². The number of benzene rings is 2. The third kappa shape index (κ3) is 3.99. The van der Waals surface area contributed by atoms with Crippen LogP contribution in [0.25, 0.3) is 10.9 Å². The first-order valence-corrected chi connectivity index (χ1v) is 12.3. The molecule has 1 aromatic heterocycles. The van der Waals surface area contributed by atoms with E-state index in [9.17, 15) is 32.3 Å². The fraction of sp³-hybridized carbons (Fsp3) is 0.385. The lowest BCUT2D eigenvalue weighted by atomic mass is 9.88. The first-order chi connectivity index (χ1) is 18.1. The van der Waals surface area contributed by atoms with Crippen molar-refractivity contribution >= 4 is 22.8 Å². The molecule has 0 radical (unpaired) electrons. The van der Waals surface area contributed by atoms with E-state index in [1.165, 1.54) is 21.9 Å². The van der Waals surface area contributed by atoms with Crippen LogP contribution in [-0.4, -0.2) is 82.2 Å². The molecule has 3 aromatic rings. The van der Waals surface area contributed by atoms with E-state index in [2.05, 4.69) is 9.88 Å². The number of carbonyl (C=O) groups is 2. The quantitative estimate of drug-likeness (QED) is 0.396. The molecule has 12 heteroatoms. The zero-order chi connectivity index (χ0) is 26.8. The van der Waals surface area contributed by atoms with Crippen molar-refractivity contribution in [2.75, 3.05) is 39.4 Å². The Hall–Kier alpha value is -3.64. The number of amides is 3. The van der Waals surface area contributed by atoms with E-state index in [1.807, 2.05) is 0 Å². The number of fused-ring (bicyclic) bond motifs is 4. The summed E-state index contributed by atoms with van der Waals surface area (Å²) in [6.45, 7) is 3.14. The number of nitrogens with zero attached hydrogens (tertiary/aromatic N) is 3. The molecular formula is C26H24F4N4O4. The number of urea groups is 1. The van der Waals surface area contributed by atoms with Gasteiger partial charge >= 0.3 is 12.2 Å². The number of imide groups is 1. The highest BCUT2D eigenvalue weighted by Gasteiger charge is 2.52. The monoisotopic (exact) mass is 532 g/mol. The average molecular weight is 532 g/mol. The summed E-state index contributed by atoms with van der Waals surface area (Å²) in [6.07, 6.45) is -4.92. The van der Waals surface area contributed by atoms with Gasteiger partial charge in [0, 0.05) is 49.2 Å². The molecule has 6 rings (SSSR count). The number of phenolic OH excluding ortho intramolecular Hbond substituents is 1. The van der Waals surface area contributed by atoms with Crippen LogP contribution < -0.4 is 0 Å². The fourth-order valence-corrected chi connectivity index (χ4v) is 5.73. The molecule has 0 saturated carbocycles. The zero-order valence-electron chi connectivity index (χ0n) is 20.1. The van der Waals surface area contributed by atoms with Gasteiger partial charge in [0.15, 0.2) is 0 Å². The molecule has 2 N–H and O–H groups in total. The van der Waals surface area contributed by atoms with Gasteiger partial charge in [-0.15, -0.1) is 0 Å². The summed E-state index contributed by atoms with van der Waals surface area (Å²) in [5, 5.41) is 10.3. The Morgan fingerprint density at radius 2 is 1.84 bits per heavy atom. The summed E-state index contributed by atoms with van der Waals surface area (Å²) in [4.78, 5) is 34.9. The largest absolute Gasteiger partial charge is 0.508 e. The summed E-state index contributed by atoms with van der Waals surface area (Å²) in [7, 11) is 0. The van der Waals surface area contributed by atoms with Gasteiger partial charge in [-0.05, 0) is 35.4 Å². The van der Waals surface area contributed by atoms with Gasteiger partial charge in [0.1, 0.15) is 23.7 Å². The van der Waals surface area contributed by atoms with Gasteiger partial charge in [0.2, 0.25) is 0 Å². The van der Waals surface area contributed by atoms with Crippen molar-refractivity contribution < 1.29 is 37.0 Å². The van der Waals surface area contributed by atoms with Crippen LogP contribution in [0.4, 0.5) is 22.4 Å². The van der Waals surface area contributed by atoms with Crippen molar-refractivity contribution in [3.63, 3.8) is 0 Å². The van der Waals surface area contributed by atoms with Gasteiger partial charge in [-0.3, -0.25) is 19.5 Å². The van der Waals surface area contributed by atoms with Crippen LogP contribution in [0.15, 0.2) is 36.4 Å².